The van der Waals surface area contributed by atoms with E-state index in [1.807, 2.05) is 6.92 Å². The van der Waals surface area contributed by atoms with E-state index in [0.717, 1.165) is 0 Å². The second-order valence-corrected chi connectivity index (χ2v) is 6.40. The summed E-state index contributed by atoms with van der Waals surface area (Å²) < 4.78 is 25.8. The molecule has 0 aliphatic carbocycles. The quantitative estimate of drug-likeness (QED) is 0.811. The van der Waals surface area contributed by atoms with Gasteiger partial charge in [-0.1, -0.05) is 0 Å². The molecule has 8 heteroatoms. The van der Waals surface area contributed by atoms with Crippen molar-refractivity contribution in [2.45, 2.75) is 24.8 Å². The second-order valence-electron chi connectivity index (χ2n) is 4.49. The van der Waals surface area contributed by atoms with E-state index in [1.54, 1.807) is 0 Å². The molecular weight excluding hydrogens is 268 g/mol. The molecule has 1 aliphatic rings. The molecule has 106 valence electrons. The first-order chi connectivity index (χ1) is 9.05. The molecule has 1 amide bonds. The zero-order chi connectivity index (χ0) is 13.9. The Bertz CT molecular complexity index is 518. The fourth-order valence-electron chi connectivity index (χ4n) is 2.20. The molecule has 1 aliphatic heterocycles. The summed E-state index contributed by atoms with van der Waals surface area (Å²) in [6.45, 7) is 3.20. The van der Waals surface area contributed by atoms with Gasteiger partial charge in [0.05, 0.1) is 6.20 Å². The maximum absolute atomic E-state index is 12.2. The third-order valence-electron chi connectivity index (χ3n) is 3.27. The van der Waals surface area contributed by atoms with E-state index in [4.69, 9.17) is 0 Å². The summed E-state index contributed by atoms with van der Waals surface area (Å²) in [7, 11) is -3.50. The van der Waals surface area contributed by atoms with Gasteiger partial charge in [-0.3, -0.25) is 9.89 Å². The lowest BCUT2D eigenvalue weighted by Crippen LogP contribution is -2.43. The fourth-order valence-corrected chi connectivity index (χ4v) is 3.57. The van der Waals surface area contributed by atoms with Crippen molar-refractivity contribution >= 4 is 15.9 Å². The van der Waals surface area contributed by atoms with Crippen molar-refractivity contribution in [3.63, 3.8) is 0 Å². The maximum Gasteiger partial charge on any atom is 0.259 e. The van der Waals surface area contributed by atoms with Crippen LogP contribution >= 0.6 is 0 Å². The van der Waals surface area contributed by atoms with Gasteiger partial charge in [-0.25, -0.2) is 8.42 Å². The van der Waals surface area contributed by atoms with Gasteiger partial charge in [0.2, 0.25) is 5.91 Å². The normalized spacial score (nSPS) is 18.4. The van der Waals surface area contributed by atoms with Crippen LogP contribution in [0.5, 0.6) is 0 Å². The van der Waals surface area contributed by atoms with Gasteiger partial charge in [0.25, 0.3) is 10.0 Å². The number of aromatic amines is 1. The molecule has 1 fully saturated rings. The van der Waals surface area contributed by atoms with Crippen LogP contribution in [0.4, 0.5) is 0 Å². The van der Waals surface area contributed by atoms with Crippen LogP contribution in [0.1, 0.15) is 19.8 Å². The monoisotopic (exact) mass is 286 g/mol. The molecule has 2 N–H and O–H groups in total. The predicted octanol–water partition coefficient (Wildman–Crippen LogP) is -0.0535. The predicted molar refractivity (Wildman–Crippen MR) is 68.8 cm³/mol. The molecular formula is C11H18N4O3S. The lowest BCUT2D eigenvalue weighted by atomic mass is 9.97. The molecule has 0 spiro atoms. The number of H-pyrrole nitrogens is 1. The lowest BCUT2D eigenvalue weighted by molar-refractivity contribution is -0.126. The number of hydrogen-bond acceptors (Lipinski definition) is 4. The highest BCUT2D eigenvalue weighted by atomic mass is 32.2. The Labute approximate surface area is 112 Å². The first-order valence-electron chi connectivity index (χ1n) is 6.33. The number of carbonyl (C=O) groups excluding carboxylic acids is 1. The van der Waals surface area contributed by atoms with E-state index in [-0.39, 0.29) is 16.9 Å². The maximum atomic E-state index is 12.2. The Kier molecular flexibility index (Phi) is 4.20. The number of hydrogen-bond donors (Lipinski definition) is 2. The number of carbonyl (C=O) groups is 1. The van der Waals surface area contributed by atoms with Crippen molar-refractivity contribution in [3.8, 4) is 0 Å². The molecule has 1 aromatic heterocycles. The lowest BCUT2D eigenvalue weighted by Gasteiger charge is -2.29. The minimum Gasteiger partial charge on any atom is -0.356 e. The van der Waals surface area contributed by atoms with Crippen LogP contribution in [0.25, 0.3) is 0 Å². The highest BCUT2D eigenvalue weighted by molar-refractivity contribution is 7.89. The Morgan fingerprint density at radius 3 is 2.74 bits per heavy atom. The smallest absolute Gasteiger partial charge is 0.259 e. The van der Waals surface area contributed by atoms with E-state index >= 15 is 0 Å². The number of nitrogens with zero attached hydrogens (tertiary/aromatic N) is 2. The van der Waals surface area contributed by atoms with Gasteiger partial charge in [-0.05, 0) is 25.8 Å². The molecule has 0 atom stereocenters. The average molecular weight is 286 g/mol. The highest BCUT2D eigenvalue weighted by Crippen LogP contribution is 2.22. The number of rotatable bonds is 4. The van der Waals surface area contributed by atoms with Crippen molar-refractivity contribution in [2.24, 2.45) is 5.92 Å². The minimum absolute atomic E-state index is 0.0149. The minimum atomic E-state index is -3.50. The Morgan fingerprint density at radius 1 is 1.53 bits per heavy atom. The van der Waals surface area contributed by atoms with E-state index in [0.29, 0.717) is 32.5 Å². The van der Waals surface area contributed by atoms with Gasteiger partial charge in [0.1, 0.15) is 0 Å². The summed E-state index contributed by atoms with van der Waals surface area (Å²) in [6.07, 6.45) is 2.52. The standard InChI is InChI=1S/C11H18N4O3S/c1-2-12-11(16)9-4-7-15(8-5-9)19(17,18)10-3-6-13-14-10/h3,6,9H,2,4-5,7-8H2,1H3,(H,12,16)(H,13,14). The number of nitrogens with one attached hydrogen (secondary N) is 2. The van der Waals surface area contributed by atoms with Gasteiger partial charge in [0, 0.05) is 25.6 Å². The second kappa shape index (κ2) is 5.70. The zero-order valence-corrected chi connectivity index (χ0v) is 11.6. The molecule has 0 unspecified atom stereocenters. The van der Waals surface area contributed by atoms with E-state index in [9.17, 15) is 13.2 Å². The molecule has 1 saturated heterocycles. The number of aromatic nitrogens is 2. The van der Waals surface area contributed by atoms with Crippen LogP contribution in [0, 0.1) is 5.92 Å². The van der Waals surface area contributed by atoms with Crippen molar-refractivity contribution in [2.75, 3.05) is 19.6 Å². The topological polar surface area (TPSA) is 95.2 Å². The first kappa shape index (κ1) is 14.0. The van der Waals surface area contributed by atoms with Gasteiger partial charge >= 0.3 is 0 Å². The van der Waals surface area contributed by atoms with Gasteiger partial charge in [-0.2, -0.15) is 9.40 Å². The summed E-state index contributed by atoms with van der Waals surface area (Å²) in [5.41, 5.74) is 0. The molecule has 1 aromatic rings. The molecule has 19 heavy (non-hydrogen) atoms. The Morgan fingerprint density at radius 2 is 2.21 bits per heavy atom. The van der Waals surface area contributed by atoms with Gasteiger partial charge in [-0.15, -0.1) is 0 Å². The van der Waals surface area contributed by atoms with E-state index < -0.39 is 10.0 Å². The van der Waals surface area contributed by atoms with Crippen LogP contribution in [-0.2, 0) is 14.8 Å². The molecule has 0 radical (unpaired) electrons. The number of sulfonamides is 1. The van der Waals surface area contributed by atoms with Crippen LogP contribution in [0.2, 0.25) is 0 Å². The number of piperidine rings is 1. The molecule has 2 rings (SSSR count). The Hall–Kier alpha value is -1.41. The summed E-state index contributed by atoms with van der Waals surface area (Å²) in [5.74, 6) is -0.0748. The Balaban J connectivity index is 1.99. The molecule has 7 nitrogen and oxygen atoms in total. The number of amides is 1. The van der Waals surface area contributed by atoms with Crippen LogP contribution < -0.4 is 5.32 Å². The summed E-state index contributed by atoms with van der Waals surface area (Å²) in [6, 6.07) is 1.44. The third kappa shape index (κ3) is 2.95. The highest BCUT2D eigenvalue weighted by Gasteiger charge is 2.32. The summed E-state index contributed by atoms with van der Waals surface area (Å²) >= 11 is 0. The molecule has 0 aromatic carbocycles. The first-order valence-corrected chi connectivity index (χ1v) is 7.77. The summed E-state index contributed by atoms with van der Waals surface area (Å²) in [4.78, 5) is 11.7. The van der Waals surface area contributed by atoms with Crippen molar-refractivity contribution in [1.29, 1.82) is 0 Å². The van der Waals surface area contributed by atoms with Crippen LogP contribution in [0.15, 0.2) is 17.3 Å². The fraction of sp³-hybridized carbons (Fsp3) is 0.636. The summed E-state index contributed by atoms with van der Waals surface area (Å²) in [5, 5.41) is 9.00. The average Bonchev–Trinajstić information content (AvgIpc) is 2.94. The van der Waals surface area contributed by atoms with E-state index in [1.165, 1.54) is 16.6 Å². The van der Waals surface area contributed by atoms with E-state index in [2.05, 4.69) is 15.5 Å². The largest absolute Gasteiger partial charge is 0.356 e. The third-order valence-corrected chi connectivity index (χ3v) is 5.10. The van der Waals surface area contributed by atoms with Crippen molar-refractivity contribution in [1.82, 2.24) is 19.8 Å². The van der Waals surface area contributed by atoms with Crippen LogP contribution in [-0.4, -0.2) is 48.5 Å². The van der Waals surface area contributed by atoms with Gasteiger partial charge < -0.3 is 5.32 Å². The molecule has 0 saturated carbocycles. The molecule has 2 heterocycles. The van der Waals surface area contributed by atoms with Gasteiger partial charge in [0.15, 0.2) is 5.03 Å². The SMILES string of the molecule is CCNC(=O)C1CCN(S(=O)(=O)c2ccn[nH]2)CC1. The van der Waals surface area contributed by atoms with Crippen molar-refractivity contribution < 1.29 is 13.2 Å². The van der Waals surface area contributed by atoms with Crippen LogP contribution in [0.3, 0.4) is 0 Å². The molecule has 0 bridgehead atoms. The zero-order valence-electron chi connectivity index (χ0n) is 10.8. The van der Waals surface area contributed by atoms with Crippen molar-refractivity contribution in [3.05, 3.63) is 12.3 Å².